The van der Waals surface area contributed by atoms with Crippen LogP contribution < -0.4 is 16.4 Å². The Balaban J connectivity index is 1.42. The number of fused-ring (bicyclic) bond motifs is 1. The molecule has 33 heavy (non-hydrogen) atoms. The minimum Gasteiger partial charge on any atom is -0.408 e. The molecule has 8 nitrogen and oxygen atoms in total. The molecule has 8 heteroatoms. The van der Waals surface area contributed by atoms with E-state index in [9.17, 15) is 20.0 Å². The van der Waals surface area contributed by atoms with Crippen molar-refractivity contribution in [2.75, 3.05) is 13.1 Å². The van der Waals surface area contributed by atoms with Gasteiger partial charge in [-0.2, -0.15) is 5.26 Å². The van der Waals surface area contributed by atoms with Gasteiger partial charge in [0.15, 0.2) is 5.58 Å². The van der Waals surface area contributed by atoms with Gasteiger partial charge in [0.1, 0.15) is 6.04 Å². The summed E-state index contributed by atoms with van der Waals surface area (Å²) in [5, 5.41) is 25.7. The van der Waals surface area contributed by atoms with E-state index in [0.29, 0.717) is 31.4 Å². The normalized spacial score (nSPS) is 19.9. The number of carbonyl (C=O) groups excluding carboxylic acids is 1. The van der Waals surface area contributed by atoms with Gasteiger partial charge in [-0.25, -0.2) is 4.79 Å². The molecule has 0 aliphatic carbocycles. The van der Waals surface area contributed by atoms with E-state index in [1.165, 1.54) is 4.57 Å². The van der Waals surface area contributed by atoms with Gasteiger partial charge in [0, 0.05) is 20.0 Å². The van der Waals surface area contributed by atoms with Crippen molar-refractivity contribution in [3.63, 3.8) is 0 Å². The van der Waals surface area contributed by atoms with Crippen LogP contribution in [0.4, 0.5) is 0 Å². The zero-order chi connectivity index (χ0) is 23.4. The van der Waals surface area contributed by atoms with Crippen LogP contribution in [-0.2, 0) is 18.3 Å². The van der Waals surface area contributed by atoms with Crippen LogP contribution >= 0.6 is 0 Å². The van der Waals surface area contributed by atoms with Gasteiger partial charge in [0.25, 0.3) is 0 Å². The molecule has 0 spiro atoms. The molecule has 0 saturated carbocycles. The van der Waals surface area contributed by atoms with Crippen molar-refractivity contribution in [2.45, 2.75) is 37.8 Å². The minimum absolute atomic E-state index is 0.203. The number of nitrogens with zero attached hydrogens (tertiary/aromatic N) is 2. The maximum absolute atomic E-state index is 12.7. The lowest BCUT2D eigenvalue weighted by Gasteiger charge is -2.24. The number of aliphatic hydroxyl groups excluding tert-OH is 1. The quantitative estimate of drug-likeness (QED) is 0.550. The molecule has 172 valence electrons. The molecular weight excluding hydrogens is 420 g/mol. The Labute approximate surface area is 191 Å². The maximum Gasteiger partial charge on any atom is 0.419 e. The predicted molar refractivity (Wildman–Crippen MR) is 124 cm³/mol. The number of benzene rings is 2. The van der Waals surface area contributed by atoms with Gasteiger partial charge >= 0.3 is 5.76 Å². The fourth-order valence-electron chi connectivity index (χ4n) is 4.26. The summed E-state index contributed by atoms with van der Waals surface area (Å²) in [6.45, 7) is 1.28. The third-order valence-electron chi connectivity index (χ3n) is 6.20. The lowest BCUT2D eigenvalue weighted by atomic mass is 9.95. The van der Waals surface area contributed by atoms with Crippen molar-refractivity contribution in [1.82, 2.24) is 15.2 Å². The second-order valence-corrected chi connectivity index (χ2v) is 8.63. The van der Waals surface area contributed by atoms with E-state index in [1.54, 1.807) is 13.1 Å². The highest BCUT2D eigenvalue weighted by atomic mass is 16.4. The number of nitrogens with one attached hydrogen (secondary N) is 2. The molecule has 1 amide bonds. The highest BCUT2D eigenvalue weighted by Crippen LogP contribution is 2.24. The molecule has 0 bridgehead atoms. The summed E-state index contributed by atoms with van der Waals surface area (Å²) in [6, 6.07) is 14.9. The third-order valence-corrected chi connectivity index (χ3v) is 6.20. The number of aliphatic hydroxyl groups is 1. The number of amides is 1. The summed E-state index contributed by atoms with van der Waals surface area (Å²) in [7, 11) is 1.67. The van der Waals surface area contributed by atoms with Gasteiger partial charge in [0.05, 0.1) is 23.6 Å². The van der Waals surface area contributed by atoms with Crippen molar-refractivity contribution in [1.29, 1.82) is 5.26 Å². The summed E-state index contributed by atoms with van der Waals surface area (Å²) in [6.07, 6.45) is 1.87. The largest absolute Gasteiger partial charge is 0.419 e. The van der Waals surface area contributed by atoms with Crippen LogP contribution in [0.1, 0.15) is 24.8 Å². The summed E-state index contributed by atoms with van der Waals surface area (Å²) >= 11 is 0. The van der Waals surface area contributed by atoms with E-state index in [0.717, 1.165) is 35.2 Å². The SMILES string of the molecule is Cn1c(=O)oc2ccc(-c3ccc(C[C@@H](C#N)NC(=O)C4CNCCCC(O)C4)cc3)cc21. The van der Waals surface area contributed by atoms with E-state index in [2.05, 4.69) is 16.7 Å². The van der Waals surface area contributed by atoms with Crippen LogP contribution in [0.5, 0.6) is 0 Å². The summed E-state index contributed by atoms with van der Waals surface area (Å²) in [5.41, 5.74) is 4.12. The molecule has 3 atom stereocenters. The number of aromatic nitrogens is 1. The third kappa shape index (κ3) is 5.33. The second kappa shape index (κ2) is 10.0. The van der Waals surface area contributed by atoms with Crippen molar-refractivity contribution < 1.29 is 14.3 Å². The van der Waals surface area contributed by atoms with Crippen molar-refractivity contribution in [3.05, 3.63) is 58.6 Å². The molecule has 1 fully saturated rings. The Morgan fingerprint density at radius 3 is 2.82 bits per heavy atom. The molecule has 2 heterocycles. The van der Waals surface area contributed by atoms with Crippen LogP contribution in [0.3, 0.4) is 0 Å². The highest BCUT2D eigenvalue weighted by Gasteiger charge is 2.25. The Morgan fingerprint density at radius 2 is 2.06 bits per heavy atom. The van der Waals surface area contributed by atoms with Crippen molar-refractivity contribution in [3.8, 4) is 17.2 Å². The smallest absolute Gasteiger partial charge is 0.408 e. The van der Waals surface area contributed by atoms with Gasteiger partial charge in [-0.1, -0.05) is 30.3 Å². The van der Waals surface area contributed by atoms with Crippen molar-refractivity contribution in [2.24, 2.45) is 13.0 Å². The monoisotopic (exact) mass is 448 g/mol. The van der Waals surface area contributed by atoms with E-state index in [4.69, 9.17) is 4.42 Å². The van der Waals surface area contributed by atoms with Gasteiger partial charge in [-0.15, -0.1) is 0 Å². The van der Waals surface area contributed by atoms with Crippen molar-refractivity contribution >= 4 is 17.0 Å². The Kier molecular flexibility index (Phi) is 6.92. The number of oxazole rings is 1. The molecule has 0 radical (unpaired) electrons. The summed E-state index contributed by atoms with van der Waals surface area (Å²) < 4.78 is 6.65. The number of hydrogen-bond acceptors (Lipinski definition) is 6. The molecule has 1 saturated heterocycles. The number of aryl methyl sites for hydroxylation is 1. The molecule has 3 N–H and O–H groups in total. The van der Waals surface area contributed by atoms with Gasteiger partial charge in [0.2, 0.25) is 5.91 Å². The van der Waals surface area contributed by atoms with Crippen LogP contribution in [0.15, 0.2) is 51.7 Å². The standard InChI is InChI=1S/C25H28N4O4/c1-29-22-13-18(8-9-23(22)33-25(29)32)17-6-4-16(5-7-17)11-20(14-26)28-24(31)19-12-21(30)3-2-10-27-15-19/h4-9,13,19-21,27,30H,2-3,10-12,15H2,1H3,(H,28,31)/t19?,20-,21?/m0/s1. The van der Waals surface area contributed by atoms with Gasteiger partial charge in [-0.3, -0.25) is 9.36 Å². The van der Waals surface area contributed by atoms with E-state index in [1.807, 2.05) is 36.4 Å². The fourth-order valence-corrected chi connectivity index (χ4v) is 4.26. The summed E-state index contributed by atoms with van der Waals surface area (Å²) in [5.74, 6) is -0.954. The topological polar surface area (TPSA) is 120 Å². The molecule has 4 rings (SSSR count). The molecule has 1 aromatic heterocycles. The fraction of sp³-hybridized carbons (Fsp3) is 0.400. The Hall–Kier alpha value is -3.41. The average molecular weight is 449 g/mol. The molecule has 1 aliphatic rings. The predicted octanol–water partition coefficient (Wildman–Crippen LogP) is 2.10. The van der Waals surface area contributed by atoms with Crippen LogP contribution in [-0.4, -0.2) is 40.8 Å². The molecule has 2 aromatic carbocycles. The van der Waals surface area contributed by atoms with Gasteiger partial charge < -0.3 is 20.2 Å². The molecule has 3 aromatic rings. The molecule has 2 unspecified atom stereocenters. The number of hydrogen-bond donors (Lipinski definition) is 3. The number of rotatable bonds is 5. The maximum atomic E-state index is 12.7. The Bertz CT molecular complexity index is 1220. The van der Waals surface area contributed by atoms with E-state index in [-0.39, 0.29) is 11.8 Å². The molecular formula is C25H28N4O4. The van der Waals surface area contributed by atoms with Crippen LogP contribution in [0.2, 0.25) is 0 Å². The van der Waals surface area contributed by atoms with E-state index >= 15 is 0 Å². The van der Waals surface area contributed by atoms with Crippen LogP contribution in [0, 0.1) is 17.2 Å². The minimum atomic E-state index is -0.650. The first kappa shape index (κ1) is 22.8. The zero-order valence-corrected chi connectivity index (χ0v) is 18.6. The average Bonchev–Trinajstić information content (AvgIpc) is 3.09. The first-order chi connectivity index (χ1) is 15.9. The molecule has 1 aliphatic heterocycles. The highest BCUT2D eigenvalue weighted by molar-refractivity contribution is 5.81. The first-order valence-corrected chi connectivity index (χ1v) is 11.2. The van der Waals surface area contributed by atoms with E-state index < -0.39 is 17.9 Å². The zero-order valence-electron chi connectivity index (χ0n) is 18.6. The second-order valence-electron chi connectivity index (χ2n) is 8.63. The lowest BCUT2D eigenvalue weighted by Crippen LogP contribution is -2.44. The van der Waals surface area contributed by atoms with Gasteiger partial charge in [-0.05, 0) is 54.6 Å². The lowest BCUT2D eigenvalue weighted by molar-refractivity contribution is -0.126. The summed E-state index contributed by atoms with van der Waals surface area (Å²) in [4.78, 5) is 24.4. The van der Waals surface area contributed by atoms with Crippen LogP contribution in [0.25, 0.3) is 22.2 Å². The first-order valence-electron chi connectivity index (χ1n) is 11.2. The number of nitriles is 1. The number of carbonyl (C=O) groups is 1. The Morgan fingerprint density at radius 1 is 1.30 bits per heavy atom.